The summed E-state index contributed by atoms with van der Waals surface area (Å²) in [6.45, 7) is 0.645. The van der Waals surface area contributed by atoms with Gasteiger partial charge < -0.3 is 4.74 Å². The van der Waals surface area contributed by atoms with Gasteiger partial charge in [0.1, 0.15) is 11.6 Å². The summed E-state index contributed by atoms with van der Waals surface area (Å²) in [7, 11) is -4.02. The highest BCUT2D eigenvalue weighted by Crippen LogP contribution is 2.35. The van der Waals surface area contributed by atoms with E-state index in [1.807, 2.05) is 0 Å². The first-order valence-corrected chi connectivity index (χ1v) is 10.6. The number of aromatic nitrogens is 2. The largest absolute Gasteiger partial charge is 0.477 e. The molecule has 1 saturated carbocycles. The van der Waals surface area contributed by atoms with Crippen LogP contribution in [0.3, 0.4) is 0 Å². The minimum Gasteiger partial charge on any atom is -0.477 e. The van der Waals surface area contributed by atoms with Gasteiger partial charge in [-0.1, -0.05) is 18.9 Å². The zero-order chi connectivity index (χ0) is 19.0. The highest BCUT2D eigenvalue weighted by Gasteiger charge is 2.38. The summed E-state index contributed by atoms with van der Waals surface area (Å²) >= 11 is 0. The van der Waals surface area contributed by atoms with E-state index in [0.717, 1.165) is 31.4 Å². The molecule has 1 aromatic carbocycles. The summed E-state index contributed by atoms with van der Waals surface area (Å²) < 4.78 is 63.5. The third-order valence-corrected chi connectivity index (χ3v) is 7.09. The molecule has 0 N–H and O–H groups in total. The number of nitrogens with zero attached hydrogens (tertiary/aromatic N) is 3. The number of rotatable bonds is 5. The first-order valence-electron chi connectivity index (χ1n) is 9.12. The van der Waals surface area contributed by atoms with Crippen LogP contribution in [0.25, 0.3) is 0 Å². The van der Waals surface area contributed by atoms with E-state index in [1.165, 1.54) is 21.3 Å². The molecule has 0 radical (unpaired) electrons. The summed E-state index contributed by atoms with van der Waals surface area (Å²) in [4.78, 5) is -0.0363. The Kier molecular flexibility index (Phi) is 4.90. The van der Waals surface area contributed by atoms with Crippen molar-refractivity contribution in [3.8, 4) is 5.88 Å². The lowest BCUT2D eigenvalue weighted by Crippen LogP contribution is -2.39. The van der Waals surface area contributed by atoms with Crippen molar-refractivity contribution in [2.24, 2.45) is 0 Å². The van der Waals surface area contributed by atoms with Crippen molar-refractivity contribution in [2.45, 2.75) is 56.1 Å². The van der Waals surface area contributed by atoms with Crippen molar-refractivity contribution >= 4 is 10.0 Å². The fraction of sp³-hybridized carbons (Fsp3) is 0.500. The molecule has 2 heterocycles. The molecular formula is C18H21F2N3O3S. The number of aryl methyl sites for hydroxylation is 1. The number of sulfonamides is 1. The first-order chi connectivity index (χ1) is 13.0. The Bertz CT molecular complexity index is 919. The van der Waals surface area contributed by atoms with Crippen LogP contribution >= 0.6 is 0 Å². The number of ether oxygens (including phenoxy) is 1. The number of benzene rings is 1. The predicted octanol–water partition coefficient (Wildman–Crippen LogP) is 3.08. The Morgan fingerprint density at radius 3 is 2.59 bits per heavy atom. The number of fused-ring (bicyclic) bond motifs is 1. The molecule has 1 aromatic heterocycles. The molecule has 2 aliphatic rings. The van der Waals surface area contributed by atoms with Crippen molar-refractivity contribution in [2.75, 3.05) is 6.61 Å². The second-order valence-corrected chi connectivity index (χ2v) is 8.79. The van der Waals surface area contributed by atoms with E-state index >= 15 is 0 Å². The molecular weight excluding hydrogens is 376 g/mol. The molecule has 0 saturated heterocycles. The SMILES string of the molecule is O=S(=O)(c1cnn2c1OCCC2)N(Cc1c(F)cccc1F)C1CCCC1. The highest BCUT2D eigenvalue weighted by molar-refractivity contribution is 7.89. The molecule has 0 amide bonds. The van der Waals surface area contributed by atoms with Crippen molar-refractivity contribution < 1.29 is 21.9 Å². The Labute approximate surface area is 156 Å². The Morgan fingerprint density at radius 1 is 1.19 bits per heavy atom. The molecule has 1 aliphatic heterocycles. The van der Waals surface area contributed by atoms with Gasteiger partial charge in [0, 0.05) is 31.1 Å². The smallest absolute Gasteiger partial charge is 0.250 e. The van der Waals surface area contributed by atoms with E-state index in [-0.39, 0.29) is 28.9 Å². The van der Waals surface area contributed by atoms with Crippen LogP contribution in [-0.2, 0) is 23.1 Å². The number of hydrogen-bond acceptors (Lipinski definition) is 4. The van der Waals surface area contributed by atoms with Gasteiger partial charge in [-0.3, -0.25) is 0 Å². The molecule has 0 bridgehead atoms. The van der Waals surface area contributed by atoms with Crippen LogP contribution in [0.1, 0.15) is 37.7 Å². The van der Waals surface area contributed by atoms with Gasteiger partial charge in [0.2, 0.25) is 5.88 Å². The van der Waals surface area contributed by atoms with Crippen LogP contribution in [-0.4, -0.2) is 35.2 Å². The van der Waals surface area contributed by atoms with Crippen LogP contribution in [0, 0.1) is 11.6 Å². The second kappa shape index (κ2) is 7.20. The van der Waals surface area contributed by atoms with E-state index < -0.39 is 21.7 Å². The maximum atomic E-state index is 14.2. The van der Waals surface area contributed by atoms with E-state index in [1.54, 1.807) is 0 Å². The molecule has 9 heteroatoms. The van der Waals surface area contributed by atoms with Gasteiger partial charge in [-0.2, -0.15) is 9.40 Å². The molecule has 0 atom stereocenters. The molecule has 1 aliphatic carbocycles. The zero-order valence-corrected chi connectivity index (χ0v) is 15.6. The molecule has 0 unspecified atom stereocenters. The molecule has 0 spiro atoms. The monoisotopic (exact) mass is 397 g/mol. The maximum Gasteiger partial charge on any atom is 0.250 e. The third kappa shape index (κ3) is 3.34. The van der Waals surface area contributed by atoms with Crippen LogP contribution in [0.15, 0.2) is 29.3 Å². The van der Waals surface area contributed by atoms with Crippen molar-refractivity contribution in [3.63, 3.8) is 0 Å². The van der Waals surface area contributed by atoms with Gasteiger partial charge >= 0.3 is 0 Å². The molecule has 2 aromatic rings. The quantitative estimate of drug-likeness (QED) is 0.778. The fourth-order valence-corrected chi connectivity index (χ4v) is 5.51. The van der Waals surface area contributed by atoms with E-state index in [4.69, 9.17) is 4.74 Å². The minimum absolute atomic E-state index is 0.0363. The molecule has 4 rings (SSSR count). The zero-order valence-electron chi connectivity index (χ0n) is 14.8. The summed E-state index contributed by atoms with van der Waals surface area (Å²) in [5, 5.41) is 4.11. The van der Waals surface area contributed by atoms with Crippen LogP contribution in [0.5, 0.6) is 5.88 Å². The van der Waals surface area contributed by atoms with E-state index in [0.29, 0.717) is 26.0 Å². The summed E-state index contributed by atoms with van der Waals surface area (Å²) in [5.74, 6) is -1.29. The van der Waals surface area contributed by atoms with E-state index in [2.05, 4.69) is 5.10 Å². The summed E-state index contributed by atoms with van der Waals surface area (Å²) in [5.41, 5.74) is -0.241. The molecule has 1 fully saturated rings. The normalized spacial score (nSPS) is 17.9. The summed E-state index contributed by atoms with van der Waals surface area (Å²) in [6, 6.07) is 3.25. The van der Waals surface area contributed by atoms with Crippen LogP contribution in [0.4, 0.5) is 8.78 Å². The average Bonchev–Trinajstić information content (AvgIpc) is 3.31. The number of halogens is 2. The van der Waals surface area contributed by atoms with Crippen molar-refractivity contribution in [3.05, 3.63) is 41.6 Å². The van der Waals surface area contributed by atoms with Gasteiger partial charge in [-0.25, -0.2) is 21.9 Å². The van der Waals surface area contributed by atoms with E-state index in [9.17, 15) is 17.2 Å². The third-order valence-electron chi connectivity index (χ3n) is 5.21. The lowest BCUT2D eigenvalue weighted by molar-refractivity contribution is 0.223. The molecule has 6 nitrogen and oxygen atoms in total. The van der Waals surface area contributed by atoms with Crippen molar-refractivity contribution in [1.29, 1.82) is 0 Å². The van der Waals surface area contributed by atoms with Gasteiger partial charge in [-0.15, -0.1) is 0 Å². The first kappa shape index (κ1) is 18.4. The molecule has 146 valence electrons. The van der Waals surface area contributed by atoms with Crippen LogP contribution in [0.2, 0.25) is 0 Å². The van der Waals surface area contributed by atoms with Crippen LogP contribution < -0.4 is 4.74 Å². The minimum atomic E-state index is -4.02. The average molecular weight is 397 g/mol. The summed E-state index contributed by atoms with van der Waals surface area (Å²) in [6.07, 6.45) is 5.13. The second-order valence-electron chi connectivity index (χ2n) is 6.93. The predicted molar refractivity (Wildman–Crippen MR) is 93.7 cm³/mol. The van der Waals surface area contributed by atoms with Gasteiger partial charge in [0.25, 0.3) is 10.0 Å². The fourth-order valence-electron chi connectivity index (χ4n) is 3.79. The Morgan fingerprint density at radius 2 is 1.89 bits per heavy atom. The highest BCUT2D eigenvalue weighted by atomic mass is 32.2. The topological polar surface area (TPSA) is 64.4 Å². The lowest BCUT2D eigenvalue weighted by atomic mass is 10.1. The standard InChI is InChI=1S/C18H21F2N3O3S/c19-15-7-3-8-16(20)14(15)12-23(13-5-1-2-6-13)27(24,25)17-11-21-22-9-4-10-26-18(17)22/h3,7-8,11,13H,1-2,4-6,9-10,12H2. The Balaban J connectivity index is 1.75. The van der Waals surface area contributed by atoms with Crippen molar-refractivity contribution in [1.82, 2.24) is 14.1 Å². The van der Waals surface area contributed by atoms with Gasteiger partial charge in [-0.05, 0) is 25.0 Å². The lowest BCUT2D eigenvalue weighted by Gasteiger charge is -2.28. The van der Waals surface area contributed by atoms with Gasteiger partial charge in [0.05, 0.1) is 12.8 Å². The maximum absolute atomic E-state index is 14.2. The Hall–Kier alpha value is -2.00. The van der Waals surface area contributed by atoms with Gasteiger partial charge in [0.15, 0.2) is 4.90 Å². The number of hydrogen-bond donors (Lipinski definition) is 0. The molecule has 27 heavy (non-hydrogen) atoms.